The van der Waals surface area contributed by atoms with E-state index in [9.17, 15) is 13.6 Å². The van der Waals surface area contributed by atoms with Crippen molar-refractivity contribution in [3.8, 4) is 0 Å². The number of amides is 1. The summed E-state index contributed by atoms with van der Waals surface area (Å²) < 4.78 is 25.6. The highest BCUT2D eigenvalue weighted by Gasteiger charge is 2.11. The van der Waals surface area contributed by atoms with Gasteiger partial charge in [0.1, 0.15) is 0 Å². The molecule has 1 aromatic rings. The van der Waals surface area contributed by atoms with E-state index in [4.69, 9.17) is 0 Å². The van der Waals surface area contributed by atoms with Gasteiger partial charge in [-0.1, -0.05) is 6.07 Å². The highest BCUT2D eigenvalue weighted by atomic mass is 35.5. The maximum atomic E-state index is 12.9. The van der Waals surface area contributed by atoms with E-state index in [0.717, 1.165) is 12.1 Å². The van der Waals surface area contributed by atoms with Gasteiger partial charge in [0.05, 0.1) is 12.6 Å². The van der Waals surface area contributed by atoms with Crippen LogP contribution in [0.5, 0.6) is 0 Å². The molecule has 0 aliphatic rings. The van der Waals surface area contributed by atoms with E-state index in [1.807, 2.05) is 0 Å². The molecular weight excluding hydrogens is 250 g/mol. The number of nitrogens with one attached hydrogen (secondary N) is 2. The van der Waals surface area contributed by atoms with Gasteiger partial charge in [0.15, 0.2) is 11.6 Å². The van der Waals surface area contributed by atoms with E-state index >= 15 is 0 Å². The summed E-state index contributed by atoms with van der Waals surface area (Å²) in [5.41, 5.74) is 0.531. The van der Waals surface area contributed by atoms with Gasteiger partial charge in [0.25, 0.3) is 0 Å². The number of carbonyl (C=O) groups is 1. The summed E-state index contributed by atoms with van der Waals surface area (Å²) in [5, 5.41) is 5.35. The predicted octanol–water partition coefficient (Wildman–Crippen LogP) is 1.78. The van der Waals surface area contributed by atoms with Gasteiger partial charge >= 0.3 is 0 Å². The molecule has 2 N–H and O–H groups in total. The van der Waals surface area contributed by atoms with Gasteiger partial charge in [-0.15, -0.1) is 12.4 Å². The maximum absolute atomic E-state index is 12.9. The van der Waals surface area contributed by atoms with Crippen molar-refractivity contribution in [3.63, 3.8) is 0 Å². The highest BCUT2D eigenvalue weighted by molar-refractivity contribution is 5.85. The van der Waals surface area contributed by atoms with Crippen molar-refractivity contribution >= 4 is 18.3 Å². The molecule has 6 heteroatoms. The molecule has 1 amide bonds. The zero-order valence-electron chi connectivity index (χ0n) is 9.59. The van der Waals surface area contributed by atoms with Gasteiger partial charge < -0.3 is 10.6 Å². The molecule has 0 aliphatic carbocycles. The summed E-state index contributed by atoms with van der Waals surface area (Å²) in [7, 11) is 1.65. The van der Waals surface area contributed by atoms with Crippen LogP contribution in [0.15, 0.2) is 18.2 Å². The van der Waals surface area contributed by atoms with Crippen LogP contribution in [-0.2, 0) is 4.79 Å². The molecule has 96 valence electrons. The first kappa shape index (κ1) is 15.8. The Bertz CT molecular complexity index is 388. The molecule has 0 saturated heterocycles. The highest BCUT2D eigenvalue weighted by Crippen LogP contribution is 2.15. The van der Waals surface area contributed by atoms with Crippen molar-refractivity contribution in [2.24, 2.45) is 0 Å². The molecule has 0 bridgehead atoms. The van der Waals surface area contributed by atoms with Gasteiger partial charge in [-0.25, -0.2) is 8.78 Å². The second-order valence-corrected chi connectivity index (χ2v) is 3.49. The molecule has 0 fully saturated rings. The number of carbonyl (C=O) groups excluding carboxylic acids is 1. The van der Waals surface area contributed by atoms with E-state index < -0.39 is 11.6 Å². The van der Waals surface area contributed by atoms with E-state index in [1.165, 1.54) is 6.07 Å². The van der Waals surface area contributed by atoms with Crippen LogP contribution in [0.2, 0.25) is 0 Å². The lowest BCUT2D eigenvalue weighted by Gasteiger charge is -2.14. The summed E-state index contributed by atoms with van der Waals surface area (Å²) in [6.45, 7) is 1.90. The van der Waals surface area contributed by atoms with Gasteiger partial charge in [0.2, 0.25) is 5.91 Å². The zero-order valence-corrected chi connectivity index (χ0v) is 10.4. The lowest BCUT2D eigenvalue weighted by Crippen LogP contribution is -2.33. The summed E-state index contributed by atoms with van der Waals surface area (Å²) in [6.07, 6.45) is 0. The minimum absolute atomic E-state index is 0. The van der Waals surface area contributed by atoms with E-state index in [2.05, 4.69) is 10.6 Å². The fraction of sp³-hybridized carbons (Fsp3) is 0.364. The van der Waals surface area contributed by atoms with Crippen molar-refractivity contribution in [1.29, 1.82) is 0 Å². The lowest BCUT2D eigenvalue weighted by atomic mass is 10.1. The molecule has 0 radical (unpaired) electrons. The second-order valence-electron chi connectivity index (χ2n) is 3.49. The van der Waals surface area contributed by atoms with Crippen molar-refractivity contribution < 1.29 is 13.6 Å². The quantitative estimate of drug-likeness (QED) is 0.870. The Morgan fingerprint density at radius 2 is 2.00 bits per heavy atom. The van der Waals surface area contributed by atoms with Crippen LogP contribution in [0.4, 0.5) is 8.78 Å². The molecule has 1 aromatic carbocycles. The first-order valence-electron chi connectivity index (χ1n) is 4.93. The Morgan fingerprint density at radius 1 is 1.35 bits per heavy atom. The molecule has 0 aromatic heterocycles. The standard InChI is InChI=1S/C11H14F2N2O.ClH/c1-7(15-11(16)6-14-2)8-3-4-9(12)10(13)5-8;/h3-5,7,14H,6H2,1-2H3,(H,15,16);1H. The Hall–Kier alpha value is -1.20. The number of halogens is 3. The average Bonchev–Trinajstić information content (AvgIpc) is 2.22. The van der Waals surface area contributed by atoms with Gasteiger partial charge in [0, 0.05) is 0 Å². The molecule has 1 atom stereocenters. The van der Waals surface area contributed by atoms with Crippen molar-refractivity contribution in [3.05, 3.63) is 35.4 Å². The summed E-state index contributed by atoms with van der Waals surface area (Å²) in [5.74, 6) is -2.00. The minimum atomic E-state index is -0.910. The third-order valence-electron chi connectivity index (χ3n) is 2.16. The molecule has 1 unspecified atom stereocenters. The number of hydrogen-bond acceptors (Lipinski definition) is 2. The molecule has 1 rings (SSSR count). The Kier molecular flexibility index (Phi) is 6.68. The first-order valence-corrected chi connectivity index (χ1v) is 4.93. The smallest absolute Gasteiger partial charge is 0.234 e. The molecular formula is C11H15ClF2N2O. The van der Waals surface area contributed by atoms with Gasteiger partial charge in [-0.3, -0.25) is 4.79 Å². The molecule has 0 saturated carbocycles. The van der Waals surface area contributed by atoms with Crippen LogP contribution in [0.1, 0.15) is 18.5 Å². The SMILES string of the molecule is CNCC(=O)NC(C)c1ccc(F)c(F)c1.Cl. The van der Waals surface area contributed by atoms with E-state index in [0.29, 0.717) is 5.56 Å². The third-order valence-corrected chi connectivity index (χ3v) is 2.16. The molecule has 3 nitrogen and oxygen atoms in total. The number of benzene rings is 1. The van der Waals surface area contributed by atoms with Crippen molar-refractivity contribution in [1.82, 2.24) is 10.6 Å². The van der Waals surface area contributed by atoms with Crippen LogP contribution >= 0.6 is 12.4 Å². The Balaban J connectivity index is 0.00000256. The van der Waals surface area contributed by atoms with Crippen LogP contribution < -0.4 is 10.6 Å². The first-order chi connectivity index (χ1) is 7.54. The maximum Gasteiger partial charge on any atom is 0.234 e. The van der Waals surface area contributed by atoms with Crippen LogP contribution in [0.3, 0.4) is 0 Å². The molecule has 0 aliphatic heterocycles. The topological polar surface area (TPSA) is 41.1 Å². The van der Waals surface area contributed by atoms with Crippen molar-refractivity contribution in [2.75, 3.05) is 13.6 Å². The van der Waals surface area contributed by atoms with Crippen LogP contribution in [-0.4, -0.2) is 19.5 Å². The van der Waals surface area contributed by atoms with E-state index in [1.54, 1.807) is 14.0 Å². The largest absolute Gasteiger partial charge is 0.348 e. The van der Waals surface area contributed by atoms with Crippen LogP contribution in [0, 0.1) is 11.6 Å². The van der Waals surface area contributed by atoms with Gasteiger partial charge in [-0.05, 0) is 31.7 Å². The predicted molar refractivity (Wildman–Crippen MR) is 64.1 cm³/mol. The van der Waals surface area contributed by atoms with Crippen molar-refractivity contribution in [2.45, 2.75) is 13.0 Å². The summed E-state index contributed by atoms with van der Waals surface area (Å²) >= 11 is 0. The Labute approximate surface area is 105 Å². The molecule has 17 heavy (non-hydrogen) atoms. The van der Waals surface area contributed by atoms with Gasteiger partial charge in [-0.2, -0.15) is 0 Å². The molecule has 0 spiro atoms. The molecule has 0 heterocycles. The third kappa shape index (κ3) is 4.66. The normalized spacial score (nSPS) is 11.5. The minimum Gasteiger partial charge on any atom is -0.348 e. The average molecular weight is 265 g/mol. The Morgan fingerprint density at radius 3 is 2.53 bits per heavy atom. The number of rotatable bonds is 4. The van der Waals surface area contributed by atoms with Crippen LogP contribution in [0.25, 0.3) is 0 Å². The summed E-state index contributed by atoms with van der Waals surface area (Å²) in [6, 6.07) is 3.23. The zero-order chi connectivity index (χ0) is 12.1. The monoisotopic (exact) mass is 264 g/mol. The fourth-order valence-corrected chi connectivity index (χ4v) is 1.32. The number of likely N-dealkylation sites (N-methyl/N-ethyl adjacent to an activating group) is 1. The fourth-order valence-electron chi connectivity index (χ4n) is 1.32. The van der Waals surface area contributed by atoms with E-state index in [-0.39, 0.29) is 30.9 Å². The lowest BCUT2D eigenvalue weighted by molar-refractivity contribution is -0.120. The summed E-state index contributed by atoms with van der Waals surface area (Å²) in [4.78, 5) is 11.2. The second kappa shape index (κ2) is 7.19. The number of hydrogen-bond donors (Lipinski definition) is 2.